The van der Waals surface area contributed by atoms with Gasteiger partial charge in [-0.2, -0.15) is 11.8 Å². The zero-order valence-electron chi connectivity index (χ0n) is 12.9. The lowest BCUT2D eigenvalue weighted by atomic mass is 10.1. The van der Waals surface area contributed by atoms with Gasteiger partial charge in [0.2, 0.25) is 0 Å². The molecule has 1 N–H and O–H groups in total. The molecule has 0 aliphatic carbocycles. The molecule has 5 heteroatoms. The van der Waals surface area contributed by atoms with Crippen LogP contribution in [0.2, 0.25) is 5.02 Å². The first-order valence-corrected chi connectivity index (χ1v) is 8.76. The van der Waals surface area contributed by atoms with E-state index in [4.69, 9.17) is 11.6 Å². The summed E-state index contributed by atoms with van der Waals surface area (Å²) in [7, 11) is 0. The molecular formula is C16H23ClN2OS. The summed E-state index contributed by atoms with van der Waals surface area (Å²) in [6, 6.07) is 5.50. The number of amides is 1. The van der Waals surface area contributed by atoms with E-state index < -0.39 is 0 Å². The van der Waals surface area contributed by atoms with Crippen molar-refractivity contribution in [1.82, 2.24) is 4.90 Å². The summed E-state index contributed by atoms with van der Waals surface area (Å²) in [6.45, 7) is 8.90. The normalized spacial score (nSPS) is 17.6. The third-order valence-corrected chi connectivity index (χ3v) is 5.02. The van der Waals surface area contributed by atoms with Crippen LogP contribution in [0.15, 0.2) is 18.2 Å². The lowest BCUT2D eigenvalue weighted by molar-refractivity contribution is 0.0749. The maximum absolute atomic E-state index is 12.8. The Hall–Kier alpha value is -0.870. The highest BCUT2D eigenvalue weighted by Gasteiger charge is 2.31. The van der Waals surface area contributed by atoms with Gasteiger partial charge in [0.05, 0.1) is 5.56 Å². The summed E-state index contributed by atoms with van der Waals surface area (Å²) < 4.78 is 0.115. The molecule has 1 aliphatic rings. The van der Waals surface area contributed by atoms with Crippen molar-refractivity contribution < 1.29 is 4.79 Å². The van der Waals surface area contributed by atoms with Crippen LogP contribution in [0.5, 0.6) is 0 Å². The molecule has 0 saturated carbocycles. The topological polar surface area (TPSA) is 32.3 Å². The molecule has 1 amide bonds. The van der Waals surface area contributed by atoms with Crippen LogP contribution in [0.4, 0.5) is 5.69 Å². The fourth-order valence-corrected chi connectivity index (χ4v) is 3.75. The number of carbonyl (C=O) groups is 1. The molecule has 1 saturated heterocycles. The number of hydrogen-bond donors (Lipinski definition) is 1. The number of thioether (sulfide) groups is 1. The number of rotatable bonds is 4. The van der Waals surface area contributed by atoms with Crippen LogP contribution in [-0.4, -0.2) is 40.9 Å². The first kappa shape index (κ1) is 16.5. The molecule has 0 bridgehead atoms. The molecule has 0 spiro atoms. The largest absolute Gasteiger partial charge is 0.384 e. The molecule has 1 heterocycles. The molecule has 1 aliphatic heterocycles. The Balaban J connectivity index is 2.23. The molecule has 0 unspecified atom stereocenters. The number of halogens is 1. The van der Waals surface area contributed by atoms with Crippen molar-refractivity contribution in [3.8, 4) is 0 Å². The molecule has 0 atom stereocenters. The fourth-order valence-electron chi connectivity index (χ4n) is 2.47. The number of hydrogen-bond acceptors (Lipinski definition) is 3. The van der Waals surface area contributed by atoms with Crippen LogP contribution in [0, 0.1) is 0 Å². The summed E-state index contributed by atoms with van der Waals surface area (Å²) in [6.07, 6.45) is 1.02. The monoisotopic (exact) mass is 326 g/mol. The predicted molar refractivity (Wildman–Crippen MR) is 92.7 cm³/mol. The maximum atomic E-state index is 12.8. The summed E-state index contributed by atoms with van der Waals surface area (Å²) in [5, 5.41) is 3.92. The van der Waals surface area contributed by atoms with E-state index in [0.29, 0.717) is 10.6 Å². The summed E-state index contributed by atoms with van der Waals surface area (Å²) in [5.41, 5.74) is 1.56. The Morgan fingerprint density at radius 3 is 2.90 bits per heavy atom. The second-order valence-corrected chi connectivity index (χ2v) is 8.19. The van der Waals surface area contributed by atoms with Gasteiger partial charge in [0, 0.05) is 40.8 Å². The second kappa shape index (κ2) is 6.93. The molecule has 1 fully saturated rings. The van der Waals surface area contributed by atoms with Crippen LogP contribution < -0.4 is 5.32 Å². The van der Waals surface area contributed by atoms with Crippen LogP contribution >= 0.6 is 23.4 Å². The van der Waals surface area contributed by atoms with Crippen LogP contribution in [0.25, 0.3) is 0 Å². The standard InChI is InChI=1S/C16H23ClN2OS/c1-4-7-18-14-6-5-12(17)10-13(14)15(20)19-8-9-21-16(2,3)11-19/h5-6,10,18H,4,7-9,11H2,1-3H3. The van der Waals surface area contributed by atoms with Gasteiger partial charge in [-0.05, 0) is 38.5 Å². The average molecular weight is 327 g/mol. The van der Waals surface area contributed by atoms with Crippen molar-refractivity contribution in [1.29, 1.82) is 0 Å². The van der Waals surface area contributed by atoms with E-state index in [-0.39, 0.29) is 10.7 Å². The van der Waals surface area contributed by atoms with E-state index in [1.807, 2.05) is 28.8 Å². The number of carbonyl (C=O) groups excluding carboxylic acids is 1. The van der Waals surface area contributed by atoms with Gasteiger partial charge in [-0.25, -0.2) is 0 Å². The first-order chi connectivity index (χ1) is 9.93. The first-order valence-electron chi connectivity index (χ1n) is 7.39. The minimum Gasteiger partial charge on any atom is -0.384 e. The molecule has 0 aromatic heterocycles. The van der Waals surface area contributed by atoms with Gasteiger partial charge in [-0.3, -0.25) is 4.79 Å². The number of nitrogens with one attached hydrogen (secondary N) is 1. The number of anilines is 1. The van der Waals surface area contributed by atoms with Gasteiger partial charge in [0.15, 0.2) is 0 Å². The molecule has 3 nitrogen and oxygen atoms in total. The van der Waals surface area contributed by atoms with E-state index >= 15 is 0 Å². The highest BCUT2D eigenvalue weighted by Crippen LogP contribution is 2.31. The molecule has 116 valence electrons. The van der Waals surface area contributed by atoms with E-state index in [1.54, 1.807) is 6.07 Å². The fraction of sp³-hybridized carbons (Fsp3) is 0.562. The Bertz CT molecular complexity index is 519. The molecule has 1 aromatic carbocycles. The third-order valence-electron chi connectivity index (χ3n) is 3.49. The lowest BCUT2D eigenvalue weighted by Crippen LogP contribution is -2.46. The third kappa shape index (κ3) is 4.30. The molecule has 0 radical (unpaired) electrons. The smallest absolute Gasteiger partial charge is 0.256 e. The quantitative estimate of drug-likeness (QED) is 0.903. The maximum Gasteiger partial charge on any atom is 0.256 e. The Morgan fingerprint density at radius 1 is 1.48 bits per heavy atom. The van der Waals surface area contributed by atoms with Crippen molar-refractivity contribution in [3.63, 3.8) is 0 Å². The Labute approximate surface area is 136 Å². The van der Waals surface area contributed by atoms with Crippen molar-refractivity contribution in [2.24, 2.45) is 0 Å². The van der Waals surface area contributed by atoms with Gasteiger partial charge in [-0.15, -0.1) is 0 Å². The highest BCUT2D eigenvalue weighted by atomic mass is 35.5. The van der Waals surface area contributed by atoms with Gasteiger partial charge < -0.3 is 10.2 Å². The summed E-state index contributed by atoms with van der Waals surface area (Å²) in [4.78, 5) is 14.8. The van der Waals surface area contributed by atoms with Crippen molar-refractivity contribution in [2.45, 2.75) is 31.9 Å². The second-order valence-electron chi connectivity index (χ2n) is 5.95. The SMILES string of the molecule is CCCNc1ccc(Cl)cc1C(=O)N1CCSC(C)(C)C1. The predicted octanol–water partition coefficient (Wildman–Crippen LogP) is 4.13. The van der Waals surface area contributed by atoms with E-state index in [1.165, 1.54) is 0 Å². The van der Waals surface area contributed by atoms with Crippen LogP contribution in [-0.2, 0) is 0 Å². The van der Waals surface area contributed by atoms with Crippen molar-refractivity contribution in [3.05, 3.63) is 28.8 Å². The summed E-state index contributed by atoms with van der Waals surface area (Å²) in [5.74, 6) is 1.06. The average Bonchev–Trinajstić information content (AvgIpc) is 2.44. The van der Waals surface area contributed by atoms with Gasteiger partial charge in [0.1, 0.15) is 0 Å². The van der Waals surface area contributed by atoms with Gasteiger partial charge in [-0.1, -0.05) is 18.5 Å². The van der Waals surface area contributed by atoms with Crippen LogP contribution in [0.3, 0.4) is 0 Å². The highest BCUT2D eigenvalue weighted by molar-refractivity contribution is 8.00. The zero-order valence-corrected chi connectivity index (χ0v) is 14.5. The van der Waals surface area contributed by atoms with E-state index in [2.05, 4.69) is 26.1 Å². The molecule has 21 heavy (non-hydrogen) atoms. The van der Waals surface area contributed by atoms with Crippen molar-refractivity contribution in [2.75, 3.05) is 30.7 Å². The number of nitrogens with zero attached hydrogens (tertiary/aromatic N) is 1. The van der Waals surface area contributed by atoms with Crippen LogP contribution in [0.1, 0.15) is 37.6 Å². The van der Waals surface area contributed by atoms with E-state index in [0.717, 1.165) is 37.5 Å². The minimum atomic E-state index is 0.0736. The van der Waals surface area contributed by atoms with Gasteiger partial charge >= 0.3 is 0 Å². The Kier molecular flexibility index (Phi) is 5.44. The summed E-state index contributed by atoms with van der Waals surface area (Å²) >= 11 is 8.01. The molecular weight excluding hydrogens is 304 g/mol. The zero-order chi connectivity index (χ0) is 15.5. The van der Waals surface area contributed by atoms with Gasteiger partial charge in [0.25, 0.3) is 5.91 Å². The van der Waals surface area contributed by atoms with Crippen molar-refractivity contribution >= 4 is 35.0 Å². The molecule has 1 aromatic rings. The lowest BCUT2D eigenvalue weighted by Gasteiger charge is -2.37. The minimum absolute atomic E-state index is 0.0736. The Morgan fingerprint density at radius 2 is 2.24 bits per heavy atom. The number of benzene rings is 1. The molecule has 2 rings (SSSR count). The van der Waals surface area contributed by atoms with E-state index in [9.17, 15) is 4.79 Å².